The average Bonchev–Trinajstić information content (AvgIpc) is 3.35. The molecule has 0 aromatic heterocycles. The van der Waals surface area contributed by atoms with Crippen LogP contribution in [0.15, 0.2) is 70.6 Å². The predicted octanol–water partition coefficient (Wildman–Crippen LogP) is 3.46. The van der Waals surface area contributed by atoms with E-state index < -0.39 is 0 Å². The molecule has 3 rings (SSSR count). The van der Waals surface area contributed by atoms with Crippen LogP contribution in [0.2, 0.25) is 0 Å². The van der Waals surface area contributed by atoms with Crippen molar-refractivity contribution < 1.29 is 0 Å². The fourth-order valence-electron chi connectivity index (χ4n) is 2.44. The molecule has 0 unspecified atom stereocenters. The normalized spacial score (nSPS) is 16.1. The second-order valence-corrected chi connectivity index (χ2v) is 7.50. The van der Waals surface area contributed by atoms with Crippen LogP contribution in [0, 0.1) is 0 Å². The first-order valence-corrected chi connectivity index (χ1v) is 8.89. The molecule has 0 radical (unpaired) electrons. The molecule has 0 saturated heterocycles. The van der Waals surface area contributed by atoms with Crippen molar-refractivity contribution >= 4 is 17.7 Å². The van der Waals surface area contributed by atoms with Crippen LogP contribution >= 0.6 is 11.8 Å². The summed E-state index contributed by atoms with van der Waals surface area (Å²) >= 11 is 1.93. The monoisotopic (exact) mass is 325 g/mol. The Kier molecular flexibility index (Phi) is 5.23. The maximum Gasteiger partial charge on any atom is 0.188 e. The van der Waals surface area contributed by atoms with Crippen molar-refractivity contribution in [2.75, 3.05) is 13.1 Å². The number of nitrogens with one attached hydrogen (secondary N) is 1. The summed E-state index contributed by atoms with van der Waals surface area (Å²) in [5, 5.41) is 3.21. The molecular weight excluding hydrogens is 302 g/mol. The van der Waals surface area contributed by atoms with Gasteiger partial charge in [0.25, 0.3) is 0 Å². The first kappa shape index (κ1) is 15.9. The molecule has 1 aliphatic carbocycles. The van der Waals surface area contributed by atoms with Gasteiger partial charge in [0, 0.05) is 16.2 Å². The van der Waals surface area contributed by atoms with Crippen molar-refractivity contribution in [1.29, 1.82) is 0 Å². The molecule has 0 heterocycles. The van der Waals surface area contributed by atoms with Gasteiger partial charge in [0.1, 0.15) is 0 Å². The molecule has 1 saturated carbocycles. The molecule has 0 atom stereocenters. The number of nitrogens with two attached hydrogens (primary N) is 1. The van der Waals surface area contributed by atoms with Gasteiger partial charge in [0.05, 0.1) is 6.54 Å². The Morgan fingerprint density at radius 3 is 2.35 bits per heavy atom. The first-order valence-electron chi connectivity index (χ1n) is 8.08. The van der Waals surface area contributed by atoms with Crippen molar-refractivity contribution in [3.8, 4) is 0 Å². The van der Waals surface area contributed by atoms with Crippen LogP contribution < -0.4 is 11.1 Å². The molecule has 1 fully saturated rings. The molecule has 2 aromatic rings. The van der Waals surface area contributed by atoms with Crippen molar-refractivity contribution in [2.45, 2.75) is 28.9 Å². The topological polar surface area (TPSA) is 50.4 Å². The summed E-state index contributed by atoms with van der Waals surface area (Å²) in [4.78, 5) is 5.86. The lowest BCUT2D eigenvalue weighted by atomic mass is 10.1. The molecule has 4 heteroatoms. The summed E-state index contributed by atoms with van der Waals surface area (Å²) in [5.41, 5.74) is 7.31. The van der Waals surface area contributed by atoms with Gasteiger partial charge in [-0.2, -0.15) is 0 Å². The van der Waals surface area contributed by atoms with Gasteiger partial charge in [0.2, 0.25) is 0 Å². The van der Waals surface area contributed by atoms with E-state index in [1.807, 2.05) is 17.8 Å². The summed E-state index contributed by atoms with van der Waals surface area (Å²) in [5.74, 6) is 0.556. The molecule has 1 aliphatic rings. The van der Waals surface area contributed by atoms with Crippen molar-refractivity contribution in [2.24, 2.45) is 10.7 Å². The number of guanidine groups is 1. The predicted molar refractivity (Wildman–Crippen MR) is 98.9 cm³/mol. The van der Waals surface area contributed by atoms with E-state index in [0.717, 1.165) is 19.5 Å². The third-order valence-electron chi connectivity index (χ3n) is 3.99. The Hall–Kier alpha value is -1.94. The van der Waals surface area contributed by atoms with Crippen LogP contribution in [0.5, 0.6) is 0 Å². The van der Waals surface area contributed by atoms with E-state index in [4.69, 9.17) is 5.73 Å². The quantitative estimate of drug-likeness (QED) is 0.605. The van der Waals surface area contributed by atoms with Crippen molar-refractivity contribution in [3.05, 3.63) is 66.2 Å². The molecular formula is C19H23N3S. The maximum atomic E-state index is 6.00. The van der Waals surface area contributed by atoms with Gasteiger partial charge in [-0.15, -0.1) is 11.8 Å². The van der Waals surface area contributed by atoms with Gasteiger partial charge in [-0.05, 0) is 37.0 Å². The molecule has 0 bridgehead atoms. The molecule has 0 aliphatic heterocycles. The third-order valence-corrected chi connectivity index (χ3v) is 5.46. The second-order valence-electron chi connectivity index (χ2n) is 5.96. The molecule has 120 valence electrons. The van der Waals surface area contributed by atoms with E-state index >= 15 is 0 Å². The zero-order chi connectivity index (χ0) is 16.0. The van der Waals surface area contributed by atoms with Gasteiger partial charge in [-0.3, -0.25) is 4.99 Å². The maximum absolute atomic E-state index is 6.00. The van der Waals surface area contributed by atoms with Crippen LogP contribution in [0.25, 0.3) is 0 Å². The van der Waals surface area contributed by atoms with Gasteiger partial charge in [-0.1, -0.05) is 48.5 Å². The van der Waals surface area contributed by atoms with E-state index in [9.17, 15) is 0 Å². The number of hydrogen-bond donors (Lipinski definition) is 2. The Balaban J connectivity index is 1.44. The van der Waals surface area contributed by atoms with Gasteiger partial charge in [0.15, 0.2) is 5.96 Å². The zero-order valence-electron chi connectivity index (χ0n) is 13.2. The average molecular weight is 325 g/mol. The van der Waals surface area contributed by atoms with E-state index in [2.05, 4.69) is 64.9 Å². The zero-order valence-corrected chi connectivity index (χ0v) is 14.1. The SMILES string of the molecule is NC(=NCC1(Sc2ccccc2)CC1)NCCc1ccccc1. The van der Waals surface area contributed by atoms with Crippen LogP contribution in [-0.2, 0) is 6.42 Å². The fourth-order valence-corrected chi connectivity index (χ4v) is 3.66. The Morgan fingerprint density at radius 1 is 1.04 bits per heavy atom. The molecule has 2 aromatic carbocycles. The summed E-state index contributed by atoms with van der Waals surface area (Å²) in [6, 6.07) is 21.0. The van der Waals surface area contributed by atoms with Crippen LogP contribution in [-0.4, -0.2) is 23.8 Å². The highest BCUT2D eigenvalue weighted by Crippen LogP contribution is 2.51. The van der Waals surface area contributed by atoms with Gasteiger partial charge >= 0.3 is 0 Å². The Morgan fingerprint density at radius 2 is 1.70 bits per heavy atom. The number of aliphatic imine (C=N–C) groups is 1. The van der Waals surface area contributed by atoms with Crippen molar-refractivity contribution in [3.63, 3.8) is 0 Å². The highest BCUT2D eigenvalue weighted by molar-refractivity contribution is 8.01. The Bertz CT molecular complexity index is 636. The number of rotatable bonds is 7. The third kappa shape index (κ3) is 5.03. The molecule has 0 spiro atoms. The fraction of sp³-hybridized carbons (Fsp3) is 0.316. The van der Waals surface area contributed by atoms with Crippen LogP contribution in [0.3, 0.4) is 0 Å². The second kappa shape index (κ2) is 7.55. The van der Waals surface area contributed by atoms with Gasteiger partial charge in [-0.25, -0.2) is 0 Å². The van der Waals surface area contributed by atoms with Gasteiger partial charge < -0.3 is 11.1 Å². The summed E-state index contributed by atoms with van der Waals surface area (Å²) in [6.07, 6.45) is 3.39. The smallest absolute Gasteiger partial charge is 0.188 e. The summed E-state index contributed by atoms with van der Waals surface area (Å²) in [7, 11) is 0. The first-order chi connectivity index (χ1) is 11.3. The highest BCUT2D eigenvalue weighted by Gasteiger charge is 2.43. The number of nitrogens with zero attached hydrogens (tertiary/aromatic N) is 1. The minimum atomic E-state index is 0.257. The molecule has 0 amide bonds. The van der Waals surface area contributed by atoms with Crippen LogP contribution in [0.4, 0.5) is 0 Å². The highest BCUT2D eigenvalue weighted by atomic mass is 32.2. The minimum Gasteiger partial charge on any atom is -0.370 e. The molecule has 3 N–H and O–H groups in total. The largest absolute Gasteiger partial charge is 0.370 e. The van der Waals surface area contributed by atoms with E-state index in [0.29, 0.717) is 5.96 Å². The lowest BCUT2D eigenvalue weighted by Gasteiger charge is -2.13. The lowest BCUT2D eigenvalue weighted by Crippen LogP contribution is -2.34. The standard InChI is InChI=1S/C19H23N3S/c20-18(21-14-11-16-7-3-1-4-8-16)22-15-19(12-13-19)23-17-9-5-2-6-10-17/h1-10H,11-15H2,(H3,20,21,22). The van der Waals surface area contributed by atoms with Crippen molar-refractivity contribution in [1.82, 2.24) is 5.32 Å². The minimum absolute atomic E-state index is 0.257. The molecule has 3 nitrogen and oxygen atoms in total. The number of thioether (sulfide) groups is 1. The lowest BCUT2D eigenvalue weighted by molar-refractivity contribution is 0.832. The Labute approximate surface area is 142 Å². The van der Waals surface area contributed by atoms with E-state index in [1.54, 1.807) is 0 Å². The summed E-state index contributed by atoms with van der Waals surface area (Å²) < 4.78 is 0.257. The molecule has 23 heavy (non-hydrogen) atoms. The number of hydrogen-bond acceptors (Lipinski definition) is 2. The van der Waals surface area contributed by atoms with E-state index in [1.165, 1.54) is 23.3 Å². The van der Waals surface area contributed by atoms with Crippen LogP contribution in [0.1, 0.15) is 18.4 Å². The number of benzene rings is 2. The summed E-state index contributed by atoms with van der Waals surface area (Å²) in [6.45, 7) is 1.61. The van der Waals surface area contributed by atoms with E-state index in [-0.39, 0.29) is 4.75 Å².